The molecular weight excluding hydrogens is 280 g/mol. The Balaban J connectivity index is 5.32. The summed E-state index contributed by atoms with van der Waals surface area (Å²) in [6.07, 6.45) is 0.915. The molecule has 0 spiro atoms. The van der Waals surface area contributed by atoms with E-state index in [1.165, 1.54) is 0 Å². The van der Waals surface area contributed by atoms with Gasteiger partial charge in [0.25, 0.3) is 0 Å². The highest BCUT2D eigenvalue weighted by Crippen LogP contribution is 2.29. The average molecular weight is 314 g/mol. The Morgan fingerprint density at radius 2 is 0.909 bits per heavy atom. The van der Waals surface area contributed by atoms with Gasteiger partial charge in [-0.25, -0.2) is 0 Å². The second-order valence-corrected chi connectivity index (χ2v) is 7.44. The zero-order chi connectivity index (χ0) is 17.4. The molecule has 0 rings (SSSR count). The quantitative estimate of drug-likeness (QED) is 0.598. The van der Waals surface area contributed by atoms with Crippen LogP contribution in [0.2, 0.25) is 0 Å². The molecule has 0 aliphatic carbocycles. The van der Waals surface area contributed by atoms with E-state index in [9.17, 15) is 9.59 Å². The van der Waals surface area contributed by atoms with Gasteiger partial charge in [0, 0.05) is 0 Å². The molecule has 0 bridgehead atoms. The van der Waals surface area contributed by atoms with Crippen molar-refractivity contribution in [2.75, 3.05) is 0 Å². The minimum atomic E-state index is -0.434. The maximum Gasteiger partial charge on any atom is 0.310 e. The highest BCUT2D eigenvalue weighted by atomic mass is 16.6. The van der Waals surface area contributed by atoms with Crippen molar-refractivity contribution in [3.8, 4) is 0 Å². The van der Waals surface area contributed by atoms with Crippen LogP contribution >= 0.6 is 0 Å². The SMILES string of the molecule is CC(C)CC(C(=O)OC(C)C)C(CC(C)C)C(=O)OC(C)C. The third kappa shape index (κ3) is 8.40. The molecule has 0 N–H and O–H groups in total. The first kappa shape index (κ1) is 20.9. The Hall–Kier alpha value is -1.06. The lowest BCUT2D eigenvalue weighted by Crippen LogP contribution is -2.36. The van der Waals surface area contributed by atoms with Crippen LogP contribution in [-0.4, -0.2) is 24.1 Å². The lowest BCUT2D eigenvalue weighted by Gasteiger charge is -2.28. The highest BCUT2D eigenvalue weighted by Gasteiger charge is 2.37. The van der Waals surface area contributed by atoms with Gasteiger partial charge in [0.15, 0.2) is 0 Å². The van der Waals surface area contributed by atoms with Crippen LogP contribution in [0, 0.1) is 23.7 Å². The van der Waals surface area contributed by atoms with Crippen LogP contribution in [0.15, 0.2) is 0 Å². The topological polar surface area (TPSA) is 52.6 Å². The van der Waals surface area contributed by atoms with E-state index in [1.54, 1.807) is 0 Å². The molecule has 0 saturated carbocycles. The van der Waals surface area contributed by atoms with Gasteiger partial charge in [0.05, 0.1) is 24.0 Å². The summed E-state index contributed by atoms with van der Waals surface area (Å²) in [7, 11) is 0. The minimum absolute atomic E-state index is 0.178. The third-order valence-electron chi connectivity index (χ3n) is 3.25. The molecule has 0 aromatic heterocycles. The monoisotopic (exact) mass is 314 g/mol. The van der Waals surface area contributed by atoms with Crippen LogP contribution in [0.3, 0.4) is 0 Å². The first-order valence-corrected chi connectivity index (χ1v) is 8.45. The van der Waals surface area contributed by atoms with Gasteiger partial charge in [-0.05, 0) is 52.4 Å². The van der Waals surface area contributed by atoms with Crippen LogP contribution in [0.4, 0.5) is 0 Å². The van der Waals surface area contributed by atoms with Crippen LogP contribution < -0.4 is 0 Å². The molecule has 0 heterocycles. The number of hydrogen-bond donors (Lipinski definition) is 0. The van der Waals surface area contributed by atoms with Crippen LogP contribution in [0.1, 0.15) is 68.2 Å². The van der Waals surface area contributed by atoms with Gasteiger partial charge < -0.3 is 9.47 Å². The lowest BCUT2D eigenvalue weighted by atomic mass is 9.80. The number of hydrogen-bond acceptors (Lipinski definition) is 4. The van der Waals surface area contributed by atoms with Gasteiger partial charge in [-0.1, -0.05) is 27.7 Å². The molecule has 0 saturated heterocycles. The number of carbonyl (C=O) groups is 2. The van der Waals surface area contributed by atoms with Crippen molar-refractivity contribution in [3.05, 3.63) is 0 Å². The predicted molar refractivity (Wildman–Crippen MR) is 88.3 cm³/mol. The highest BCUT2D eigenvalue weighted by molar-refractivity contribution is 5.82. The van der Waals surface area contributed by atoms with Crippen molar-refractivity contribution < 1.29 is 19.1 Å². The van der Waals surface area contributed by atoms with E-state index in [0.717, 1.165) is 0 Å². The molecule has 2 unspecified atom stereocenters. The Morgan fingerprint density at radius 1 is 0.636 bits per heavy atom. The molecule has 130 valence electrons. The number of carbonyl (C=O) groups excluding carboxylic acids is 2. The number of rotatable bonds is 9. The van der Waals surface area contributed by atoms with Crippen molar-refractivity contribution in [1.29, 1.82) is 0 Å². The fourth-order valence-corrected chi connectivity index (χ4v) is 2.50. The van der Waals surface area contributed by atoms with Crippen molar-refractivity contribution in [3.63, 3.8) is 0 Å². The number of esters is 2. The Bertz CT molecular complexity index is 311. The second-order valence-electron chi connectivity index (χ2n) is 7.44. The summed E-state index contributed by atoms with van der Waals surface area (Å²) < 4.78 is 10.8. The molecule has 0 fully saturated rings. The first-order valence-electron chi connectivity index (χ1n) is 8.45. The molecule has 2 atom stereocenters. The van der Waals surface area contributed by atoms with Crippen molar-refractivity contribution in [1.82, 2.24) is 0 Å². The average Bonchev–Trinajstić information content (AvgIpc) is 2.30. The minimum Gasteiger partial charge on any atom is -0.463 e. The van der Waals surface area contributed by atoms with Crippen LogP contribution in [0.25, 0.3) is 0 Å². The van der Waals surface area contributed by atoms with E-state index >= 15 is 0 Å². The Labute approximate surface area is 135 Å². The molecule has 0 aromatic carbocycles. The van der Waals surface area contributed by atoms with Crippen molar-refractivity contribution in [2.24, 2.45) is 23.7 Å². The third-order valence-corrected chi connectivity index (χ3v) is 3.25. The van der Waals surface area contributed by atoms with Crippen LogP contribution in [0.5, 0.6) is 0 Å². The first-order chi connectivity index (χ1) is 10.0. The predicted octanol–water partition coefficient (Wildman–Crippen LogP) is 4.21. The van der Waals surface area contributed by atoms with Gasteiger partial charge in [-0.15, -0.1) is 0 Å². The molecule has 0 radical (unpaired) electrons. The molecule has 0 amide bonds. The van der Waals surface area contributed by atoms with E-state index in [0.29, 0.717) is 24.7 Å². The van der Waals surface area contributed by atoms with Crippen LogP contribution in [-0.2, 0) is 19.1 Å². The summed E-state index contributed by atoms with van der Waals surface area (Å²) in [6, 6.07) is 0. The summed E-state index contributed by atoms with van der Waals surface area (Å²) in [5, 5.41) is 0. The normalized spacial score (nSPS) is 14.5. The molecular formula is C18H34O4. The molecule has 0 aliphatic rings. The maximum atomic E-state index is 12.5. The van der Waals surface area contributed by atoms with E-state index in [4.69, 9.17) is 9.47 Å². The molecule has 4 nitrogen and oxygen atoms in total. The second kappa shape index (κ2) is 9.86. The molecule has 4 heteroatoms. The largest absolute Gasteiger partial charge is 0.463 e. The molecule has 22 heavy (non-hydrogen) atoms. The Morgan fingerprint density at radius 3 is 1.09 bits per heavy atom. The standard InChI is InChI=1S/C18H34O4/c1-11(2)9-15(17(19)21-13(5)6)16(10-12(3)4)18(20)22-14(7)8/h11-16H,9-10H2,1-8H3. The fraction of sp³-hybridized carbons (Fsp3) is 0.889. The van der Waals surface area contributed by atoms with Crippen molar-refractivity contribution in [2.45, 2.75) is 80.4 Å². The summed E-state index contributed by atoms with van der Waals surface area (Å²) in [4.78, 5) is 24.9. The summed E-state index contributed by atoms with van der Waals surface area (Å²) in [5.74, 6) is -0.810. The van der Waals surface area contributed by atoms with Gasteiger partial charge in [-0.3, -0.25) is 9.59 Å². The number of ether oxygens (including phenoxy) is 2. The fourth-order valence-electron chi connectivity index (χ4n) is 2.50. The van der Waals surface area contributed by atoms with E-state index < -0.39 is 11.8 Å². The van der Waals surface area contributed by atoms with E-state index in [-0.39, 0.29) is 24.1 Å². The Kier molecular flexibility index (Phi) is 9.38. The van der Waals surface area contributed by atoms with Crippen molar-refractivity contribution >= 4 is 11.9 Å². The summed E-state index contributed by atoms with van der Waals surface area (Å²) >= 11 is 0. The zero-order valence-electron chi connectivity index (χ0n) is 15.5. The van der Waals surface area contributed by atoms with E-state index in [2.05, 4.69) is 27.7 Å². The summed E-state index contributed by atoms with van der Waals surface area (Å²) in [6.45, 7) is 15.5. The summed E-state index contributed by atoms with van der Waals surface area (Å²) in [5.41, 5.74) is 0. The molecule has 0 aliphatic heterocycles. The smallest absolute Gasteiger partial charge is 0.310 e. The van der Waals surface area contributed by atoms with Gasteiger partial charge in [-0.2, -0.15) is 0 Å². The van der Waals surface area contributed by atoms with E-state index in [1.807, 2.05) is 27.7 Å². The van der Waals surface area contributed by atoms with Gasteiger partial charge in [0.2, 0.25) is 0 Å². The molecule has 0 aromatic rings. The van der Waals surface area contributed by atoms with Gasteiger partial charge >= 0.3 is 11.9 Å². The lowest BCUT2D eigenvalue weighted by molar-refractivity contribution is -0.166. The zero-order valence-corrected chi connectivity index (χ0v) is 15.5. The maximum absolute atomic E-state index is 12.5. The van der Waals surface area contributed by atoms with Gasteiger partial charge in [0.1, 0.15) is 0 Å².